The first-order valence-electron chi connectivity index (χ1n) is 7.94. The second-order valence-electron chi connectivity index (χ2n) is 5.73. The Morgan fingerprint density at radius 2 is 1.96 bits per heavy atom. The summed E-state index contributed by atoms with van der Waals surface area (Å²) in [5, 5.41) is 6.61. The Morgan fingerprint density at radius 3 is 2.62 bits per heavy atom. The van der Waals surface area contributed by atoms with Crippen molar-refractivity contribution in [3.63, 3.8) is 0 Å². The van der Waals surface area contributed by atoms with E-state index in [2.05, 4.69) is 14.9 Å². The normalized spacial score (nSPS) is 15.7. The quantitative estimate of drug-likeness (QED) is 0.826. The highest BCUT2D eigenvalue weighted by molar-refractivity contribution is 7.89. The van der Waals surface area contributed by atoms with Gasteiger partial charge in [-0.05, 0) is 43.2 Å². The van der Waals surface area contributed by atoms with Gasteiger partial charge in [-0.2, -0.15) is 5.10 Å². The number of H-pyrrole nitrogens is 1. The molecular weight excluding hydrogens is 328 g/mol. The molecule has 1 amide bonds. The zero-order valence-corrected chi connectivity index (χ0v) is 14.1. The topological polar surface area (TPSA) is 95.2 Å². The fraction of sp³-hybridized carbons (Fsp3) is 0.375. The van der Waals surface area contributed by atoms with Crippen molar-refractivity contribution >= 4 is 21.6 Å². The molecule has 0 bridgehead atoms. The molecule has 0 spiro atoms. The van der Waals surface area contributed by atoms with Crippen molar-refractivity contribution in [1.29, 1.82) is 0 Å². The van der Waals surface area contributed by atoms with Gasteiger partial charge in [-0.3, -0.25) is 9.89 Å². The SMILES string of the molecule is O=C1CCCCN1c1ccc(S(=O)(=O)NCCc2ccn[nH]2)cc1. The predicted molar refractivity (Wildman–Crippen MR) is 90.1 cm³/mol. The standard InChI is InChI=1S/C16H20N4O3S/c21-16-3-1-2-12-20(16)14-4-6-15(7-5-14)24(22,23)18-11-9-13-8-10-17-19-13/h4-8,10,18H,1-3,9,11-12H2,(H,17,19). The number of benzene rings is 1. The number of hydrogen-bond acceptors (Lipinski definition) is 4. The Hall–Kier alpha value is -2.19. The highest BCUT2D eigenvalue weighted by atomic mass is 32.2. The molecule has 2 heterocycles. The van der Waals surface area contributed by atoms with Gasteiger partial charge in [-0.25, -0.2) is 13.1 Å². The number of sulfonamides is 1. The summed E-state index contributed by atoms with van der Waals surface area (Å²) in [5.41, 5.74) is 1.62. The van der Waals surface area contributed by atoms with Gasteiger partial charge in [0, 0.05) is 43.5 Å². The van der Waals surface area contributed by atoms with E-state index in [0.717, 1.165) is 24.2 Å². The summed E-state index contributed by atoms with van der Waals surface area (Å²) in [6.45, 7) is 0.976. The number of carbonyl (C=O) groups excluding carboxylic acids is 1. The minimum atomic E-state index is -3.56. The van der Waals surface area contributed by atoms with Gasteiger partial charge in [0.1, 0.15) is 0 Å². The van der Waals surface area contributed by atoms with Gasteiger partial charge in [0.05, 0.1) is 4.90 Å². The van der Waals surface area contributed by atoms with Gasteiger partial charge >= 0.3 is 0 Å². The Kier molecular flexibility index (Phi) is 4.96. The average Bonchev–Trinajstić information content (AvgIpc) is 3.09. The van der Waals surface area contributed by atoms with Crippen molar-refractivity contribution < 1.29 is 13.2 Å². The number of anilines is 1. The zero-order chi connectivity index (χ0) is 17.0. The molecule has 1 aliphatic rings. The Labute approximate surface area is 141 Å². The van der Waals surface area contributed by atoms with E-state index in [1.807, 2.05) is 0 Å². The van der Waals surface area contributed by atoms with E-state index in [1.54, 1.807) is 29.3 Å². The maximum absolute atomic E-state index is 12.3. The van der Waals surface area contributed by atoms with E-state index in [0.29, 0.717) is 19.4 Å². The van der Waals surface area contributed by atoms with Crippen LogP contribution in [0.3, 0.4) is 0 Å². The van der Waals surface area contributed by atoms with Crippen molar-refractivity contribution in [2.45, 2.75) is 30.6 Å². The lowest BCUT2D eigenvalue weighted by molar-refractivity contribution is -0.119. The Balaban J connectivity index is 1.64. The first-order chi connectivity index (χ1) is 11.6. The van der Waals surface area contributed by atoms with Crippen molar-refractivity contribution in [2.24, 2.45) is 0 Å². The second-order valence-corrected chi connectivity index (χ2v) is 7.49. The third-order valence-electron chi connectivity index (χ3n) is 4.03. The number of nitrogens with zero attached hydrogens (tertiary/aromatic N) is 2. The third kappa shape index (κ3) is 3.82. The van der Waals surface area contributed by atoms with Crippen molar-refractivity contribution in [2.75, 3.05) is 18.0 Å². The van der Waals surface area contributed by atoms with E-state index in [4.69, 9.17) is 0 Å². The lowest BCUT2D eigenvalue weighted by Crippen LogP contribution is -2.35. The molecule has 1 saturated heterocycles. The first-order valence-corrected chi connectivity index (χ1v) is 9.43. The summed E-state index contributed by atoms with van der Waals surface area (Å²) in [6, 6.07) is 8.25. The van der Waals surface area contributed by atoms with Gasteiger partial charge in [-0.1, -0.05) is 0 Å². The molecule has 7 nitrogen and oxygen atoms in total. The molecule has 0 unspecified atom stereocenters. The maximum atomic E-state index is 12.3. The minimum Gasteiger partial charge on any atom is -0.312 e. The molecule has 3 rings (SSSR count). The van der Waals surface area contributed by atoms with Crippen LogP contribution in [-0.2, 0) is 21.2 Å². The molecule has 1 fully saturated rings. The molecule has 2 aromatic rings. The molecule has 0 aliphatic carbocycles. The van der Waals surface area contributed by atoms with Crippen LogP contribution in [0.1, 0.15) is 25.0 Å². The summed E-state index contributed by atoms with van der Waals surface area (Å²) < 4.78 is 27.2. The fourth-order valence-electron chi connectivity index (χ4n) is 2.71. The van der Waals surface area contributed by atoms with E-state index in [1.165, 1.54) is 12.1 Å². The van der Waals surface area contributed by atoms with Gasteiger partial charge in [-0.15, -0.1) is 0 Å². The first kappa shape index (κ1) is 16.7. The molecule has 24 heavy (non-hydrogen) atoms. The summed E-state index contributed by atoms with van der Waals surface area (Å²) >= 11 is 0. The van der Waals surface area contributed by atoms with E-state index < -0.39 is 10.0 Å². The third-order valence-corrected chi connectivity index (χ3v) is 5.50. The molecule has 1 aliphatic heterocycles. The van der Waals surface area contributed by atoms with Crippen LogP contribution in [0, 0.1) is 0 Å². The molecule has 1 aromatic heterocycles. The lowest BCUT2D eigenvalue weighted by atomic mass is 10.1. The Bertz CT molecular complexity index is 785. The van der Waals surface area contributed by atoms with Crippen LogP contribution < -0.4 is 9.62 Å². The molecular formula is C16H20N4O3S. The van der Waals surface area contributed by atoms with Crippen LogP contribution in [0.15, 0.2) is 41.4 Å². The number of piperidine rings is 1. The van der Waals surface area contributed by atoms with Crippen LogP contribution in [-0.4, -0.2) is 37.6 Å². The molecule has 0 saturated carbocycles. The number of aromatic nitrogens is 2. The van der Waals surface area contributed by atoms with Gasteiger partial charge in [0.25, 0.3) is 0 Å². The van der Waals surface area contributed by atoms with Crippen LogP contribution >= 0.6 is 0 Å². The highest BCUT2D eigenvalue weighted by Crippen LogP contribution is 2.22. The summed E-state index contributed by atoms with van der Waals surface area (Å²) in [7, 11) is -3.56. The zero-order valence-electron chi connectivity index (χ0n) is 13.2. The Morgan fingerprint density at radius 1 is 1.17 bits per heavy atom. The minimum absolute atomic E-state index is 0.0922. The summed E-state index contributed by atoms with van der Waals surface area (Å²) in [5.74, 6) is 0.0922. The van der Waals surface area contributed by atoms with Crippen LogP contribution in [0.4, 0.5) is 5.69 Å². The number of aromatic amines is 1. The monoisotopic (exact) mass is 348 g/mol. The van der Waals surface area contributed by atoms with Crippen molar-refractivity contribution in [3.05, 3.63) is 42.2 Å². The number of carbonyl (C=O) groups is 1. The van der Waals surface area contributed by atoms with Gasteiger partial charge in [0.15, 0.2) is 0 Å². The molecule has 1 aromatic carbocycles. The van der Waals surface area contributed by atoms with Crippen molar-refractivity contribution in [3.8, 4) is 0 Å². The number of rotatable bonds is 6. The van der Waals surface area contributed by atoms with Gasteiger partial charge < -0.3 is 4.90 Å². The molecule has 0 atom stereocenters. The molecule has 128 valence electrons. The van der Waals surface area contributed by atoms with E-state index in [9.17, 15) is 13.2 Å². The largest absolute Gasteiger partial charge is 0.312 e. The smallest absolute Gasteiger partial charge is 0.240 e. The second kappa shape index (κ2) is 7.14. The molecule has 8 heteroatoms. The fourth-order valence-corrected chi connectivity index (χ4v) is 3.74. The molecule has 0 radical (unpaired) electrons. The van der Waals surface area contributed by atoms with E-state index in [-0.39, 0.29) is 17.3 Å². The van der Waals surface area contributed by atoms with Crippen LogP contribution in [0.5, 0.6) is 0 Å². The van der Waals surface area contributed by atoms with Crippen LogP contribution in [0.25, 0.3) is 0 Å². The summed E-state index contributed by atoms with van der Waals surface area (Å²) in [4.78, 5) is 13.8. The highest BCUT2D eigenvalue weighted by Gasteiger charge is 2.20. The van der Waals surface area contributed by atoms with E-state index >= 15 is 0 Å². The van der Waals surface area contributed by atoms with Crippen molar-refractivity contribution in [1.82, 2.24) is 14.9 Å². The molecule has 2 N–H and O–H groups in total. The number of hydrogen-bond donors (Lipinski definition) is 2. The number of amides is 1. The maximum Gasteiger partial charge on any atom is 0.240 e. The average molecular weight is 348 g/mol. The lowest BCUT2D eigenvalue weighted by Gasteiger charge is -2.26. The summed E-state index contributed by atoms with van der Waals surface area (Å²) in [6.07, 6.45) is 4.61. The predicted octanol–water partition coefficient (Wildman–Crippen LogP) is 1.45. The van der Waals surface area contributed by atoms with Crippen LogP contribution in [0.2, 0.25) is 0 Å². The number of nitrogens with one attached hydrogen (secondary N) is 2. The van der Waals surface area contributed by atoms with Gasteiger partial charge in [0.2, 0.25) is 15.9 Å².